The first-order valence-electron chi connectivity index (χ1n) is 7.49. The molecule has 1 fully saturated rings. The molecule has 11 heteroatoms. The van der Waals surface area contributed by atoms with E-state index in [1.165, 1.54) is 12.4 Å². The van der Waals surface area contributed by atoms with Gasteiger partial charge < -0.3 is 21.1 Å². The van der Waals surface area contributed by atoms with Crippen molar-refractivity contribution in [1.82, 2.24) is 9.88 Å². The molecule has 3 heterocycles. The predicted molar refractivity (Wildman–Crippen MR) is 93.6 cm³/mol. The maximum atomic E-state index is 12.5. The molecule has 0 bridgehead atoms. The fourth-order valence-electron chi connectivity index (χ4n) is 2.70. The number of hydrogen-bond acceptors (Lipinski definition) is 8. The molecular formula is C15H15N3O6S2. The number of hydrogen-bond donors (Lipinski definition) is 4. The van der Waals surface area contributed by atoms with E-state index in [9.17, 15) is 24.6 Å². The lowest BCUT2D eigenvalue weighted by atomic mass is 9.87. The lowest BCUT2D eigenvalue weighted by Crippen LogP contribution is -2.59. The van der Waals surface area contributed by atoms with Gasteiger partial charge in [0.25, 0.3) is 0 Å². The molecule has 0 radical (unpaired) electrons. The third kappa shape index (κ3) is 3.18. The molecule has 2 aliphatic rings. The van der Waals surface area contributed by atoms with Crippen LogP contribution in [0.3, 0.4) is 0 Å². The first-order valence-corrected chi connectivity index (χ1v) is 9.36. The van der Waals surface area contributed by atoms with Crippen molar-refractivity contribution >= 4 is 41.4 Å². The monoisotopic (exact) mass is 397 g/mol. The predicted octanol–water partition coefficient (Wildman–Crippen LogP) is 0.0451. The van der Waals surface area contributed by atoms with Crippen LogP contribution >= 0.6 is 23.5 Å². The molecule has 3 rings (SSSR count). The molecule has 9 nitrogen and oxygen atoms in total. The molecule has 1 aromatic rings. The van der Waals surface area contributed by atoms with E-state index < -0.39 is 41.3 Å². The number of nitrogens with zero attached hydrogens (tertiary/aromatic N) is 2. The van der Waals surface area contributed by atoms with Crippen LogP contribution in [-0.4, -0.2) is 60.2 Å². The molecule has 0 aliphatic carbocycles. The number of aromatic nitrogens is 1. The minimum Gasteiger partial charge on any atom is -0.480 e. The number of thioether (sulfide) groups is 2. The minimum absolute atomic E-state index is 0.0270. The number of aliphatic hydroxyl groups excluding tert-OH is 1. The number of carbonyl (C=O) groups excluding carboxylic acids is 1. The molecule has 26 heavy (non-hydrogen) atoms. The van der Waals surface area contributed by atoms with E-state index in [1.54, 1.807) is 12.1 Å². The summed E-state index contributed by atoms with van der Waals surface area (Å²) in [5, 5.41) is 28.2. The zero-order valence-electron chi connectivity index (χ0n) is 13.2. The van der Waals surface area contributed by atoms with Crippen LogP contribution in [0.4, 0.5) is 0 Å². The van der Waals surface area contributed by atoms with Crippen LogP contribution in [-0.2, 0) is 14.4 Å². The van der Waals surface area contributed by atoms with Crippen molar-refractivity contribution in [2.24, 2.45) is 11.7 Å². The second-order valence-electron chi connectivity index (χ2n) is 5.66. The van der Waals surface area contributed by atoms with Crippen molar-refractivity contribution in [3.63, 3.8) is 0 Å². The zero-order chi connectivity index (χ0) is 19.0. The second-order valence-corrected chi connectivity index (χ2v) is 8.08. The molecule has 1 amide bonds. The number of pyridine rings is 1. The summed E-state index contributed by atoms with van der Waals surface area (Å²) in [6, 6.07) is 2.03. The van der Waals surface area contributed by atoms with E-state index in [4.69, 9.17) is 10.8 Å². The van der Waals surface area contributed by atoms with Crippen molar-refractivity contribution < 1.29 is 29.7 Å². The number of amides is 1. The Labute approximate surface area is 156 Å². The molecule has 1 aromatic heterocycles. The molecular weight excluding hydrogens is 382 g/mol. The van der Waals surface area contributed by atoms with Crippen molar-refractivity contribution in [2.45, 2.75) is 17.5 Å². The lowest BCUT2D eigenvalue weighted by molar-refractivity contribution is -0.157. The maximum absolute atomic E-state index is 12.5. The fourth-order valence-corrected chi connectivity index (χ4v) is 5.51. The Hall–Kier alpha value is -2.08. The van der Waals surface area contributed by atoms with E-state index in [-0.39, 0.29) is 11.4 Å². The summed E-state index contributed by atoms with van der Waals surface area (Å²) >= 11 is 2.11. The molecule has 2 aliphatic heterocycles. The lowest BCUT2D eigenvalue weighted by Gasteiger charge is -2.44. The van der Waals surface area contributed by atoms with E-state index in [2.05, 4.69) is 4.98 Å². The number of rotatable bonds is 7. The summed E-state index contributed by atoms with van der Waals surface area (Å²) in [7, 11) is 0. The van der Waals surface area contributed by atoms with Crippen LogP contribution in [0.5, 0.6) is 0 Å². The molecule has 0 aromatic carbocycles. The molecule has 1 unspecified atom stereocenters. The summed E-state index contributed by atoms with van der Waals surface area (Å²) in [6.45, 7) is 0. The molecule has 5 N–H and O–H groups in total. The standard InChI is InChI=1S/C15H15N3O6S2/c16-7(13(21)22)5-25-15-9(14(23)24)18-11(20)8(12(18)26-15)10(19)6-1-3-17-4-2-6/h1-4,7-8,10,12,19H,5,16H2,(H,21,22)(H,23,24)/t7-,8+,10?,12-/m1/s1. The number of aliphatic hydroxyl groups is 1. The Morgan fingerprint density at radius 2 is 2.00 bits per heavy atom. The maximum Gasteiger partial charge on any atom is 0.354 e. The van der Waals surface area contributed by atoms with E-state index in [1.807, 2.05) is 0 Å². The van der Waals surface area contributed by atoms with Gasteiger partial charge in [-0.15, -0.1) is 11.8 Å². The molecule has 4 atom stereocenters. The average molecular weight is 397 g/mol. The smallest absolute Gasteiger partial charge is 0.354 e. The summed E-state index contributed by atoms with van der Waals surface area (Å²) in [5.41, 5.74) is 5.78. The van der Waals surface area contributed by atoms with Crippen LogP contribution < -0.4 is 5.73 Å². The number of nitrogens with two attached hydrogens (primary N) is 1. The quantitative estimate of drug-likeness (QED) is 0.464. The van der Waals surface area contributed by atoms with Gasteiger partial charge in [0, 0.05) is 18.1 Å². The largest absolute Gasteiger partial charge is 0.480 e. The van der Waals surface area contributed by atoms with Gasteiger partial charge in [0.2, 0.25) is 5.91 Å². The fraction of sp³-hybridized carbons (Fsp3) is 0.333. The van der Waals surface area contributed by atoms with Crippen molar-refractivity contribution in [1.29, 1.82) is 0 Å². The number of carbonyl (C=O) groups is 3. The Balaban J connectivity index is 1.78. The highest BCUT2D eigenvalue weighted by atomic mass is 32.2. The van der Waals surface area contributed by atoms with Crippen LogP contribution in [0, 0.1) is 5.92 Å². The van der Waals surface area contributed by atoms with Gasteiger partial charge in [0.1, 0.15) is 11.4 Å². The number of fused-ring (bicyclic) bond motifs is 1. The SMILES string of the molecule is N[C@H](CSC1=C(C(=O)O)N2C(=O)[C@H](C(O)c3ccncc3)[C@H]2S1)C(=O)O. The Morgan fingerprint density at radius 1 is 1.35 bits per heavy atom. The van der Waals surface area contributed by atoms with Gasteiger partial charge >= 0.3 is 11.9 Å². The summed E-state index contributed by atoms with van der Waals surface area (Å²) < 4.78 is 0.317. The Bertz CT molecular complexity index is 787. The Kier molecular flexibility index (Phi) is 5.23. The summed E-state index contributed by atoms with van der Waals surface area (Å²) in [5.74, 6) is -3.77. The van der Waals surface area contributed by atoms with Gasteiger partial charge in [-0.05, 0) is 17.7 Å². The average Bonchev–Trinajstić information content (AvgIpc) is 2.95. The molecule has 0 saturated carbocycles. The highest BCUT2D eigenvalue weighted by molar-refractivity contribution is 8.22. The van der Waals surface area contributed by atoms with E-state index in [0.717, 1.165) is 28.4 Å². The van der Waals surface area contributed by atoms with Crippen LogP contribution in [0.25, 0.3) is 0 Å². The van der Waals surface area contributed by atoms with Gasteiger partial charge in [-0.25, -0.2) is 4.79 Å². The van der Waals surface area contributed by atoms with Gasteiger partial charge in [-0.3, -0.25) is 19.5 Å². The highest BCUT2D eigenvalue weighted by Gasteiger charge is 2.58. The number of aliphatic carboxylic acids is 2. The number of carboxylic acid groups (broad SMARTS) is 2. The van der Waals surface area contributed by atoms with Gasteiger partial charge in [-0.1, -0.05) is 11.8 Å². The van der Waals surface area contributed by atoms with Gasteiger partial charge in [0.05, 0.1) is 16.3 Å². The third-order valence-corrected chi connectivity index (χ3v) is 6.82. The third-order valence-electron chi connectivity index (χ3n) is 4.05. The summed E-state index contributed by atoms with van der Waals surface area (Å²) in [4.78, 5) is 39.9. The van der Waals surface area contributed by atoms with Crippen molar-refractivity contribution in [3.8, 4) is 0 Å². The minimum atomic E-state index is -1.28. The first-order chi connectivity index (χ1) is 12.3. The van der Waals surface area contributed by atoms with E-state index in [0.29, 0.717) is 9.80 Å². The van der Waals surface area contributed by atoms with E-state index >= 15 is 0 Å². The molecule has 1 saturated heterocycles. The molecule has 138 valence electrons. The van der Waals surface area contributed by atoms with Crippen LogP contribution in [0.1, 0.15) is 11.7 Å². The van der Waals surface area contributed by atoms with Gasteiger partial charge in [0.15, 0.2) is 5.70 Å². The Morgan fingerprint density at radius 3 is 2.58 bits per heavy atom. The second kappa shape index (κ2) is 7.27. The zero-order valence-corrected chi connectivity index (χ0v) is 14.8. The molecule has 0 spiro atoms. The first kappa shape index (κ1) is 18.7. The number of carboxylic acids is 2. The van der Waals surface area contributed by atoms with Gasteiger partial charge in [-0.2, -0.15) is 0 Å². The highest BCUT2D eigenvalue weighted by Crippen LogP contribution is 2.55. The number of β-lactam (4-membered cyclic amide) rings is 1. The normalized spacial score (nSPS) is 24.1. The topological polar surface area (TPSA) is 154 Å². The van der Waals surface area contributed by atoms with Crippen molar-refractivity contribution in [2.75, 3.05) is 5.75 Å². The van der Waals surface area contributed by atoms with Crippen molar-refractivity contribution in [3.05, 3.63) is 40.0 Å². The summed E-state index contributed by atoms with van der Waals surface area (Å²) in [6.07, 6.45) is 1.91. The van der Waals surface area contributed by atoms with Crippen LogP contribution in [0.15, 0.2) is 34.5 Å². The van der Waals surface area contributed by atoms with Crippen LogP contribution in [0.2, 0.25) is 0 Å².